The average Bonchev–Trinajstić information content (AvgIpc) is 2.43. The summed E-state index contributed by atoms with van der Waals surface area (Å²) in [5, 5.41) is 3.24. The van der Waals surface area contributed by atoms with E-state index in [2.05, 4.69) is 27.9 Å². The Kier molecular flexibility index (Phi) is 3.51. The summed E-state index contributed by atoms with van der Waals surface area (Å²) in [6.45, 7) is 0.890. The Balaban J connectivity index is 1.44. The molecule has 5 rings (SSSR count). The van der Waals surface area contributed by atoms with Crippen molar-refractivity contribution < 1.29 is 4.79 Å². The monoisotopic (exact) mass is 395 g/mol. The summed E-state index contributed by atoms with van der Waals surface area (Å²) >= 11 is 2.26. The van der Waals surface area contributed by atoms with E-state index in [1.807, 2.05) is 24.3 Å². The molecule has 4 bridgehead atoms. The normalized spacial score (nSPS) is 36.7. The Morgan fingerprint density at radius 3 is 2.33 bits per heavy atom. The molecule has 4 fully saturated rings. The number of hydrogen-bond donors (Lipinski definition) is 1. The second-order valence-electron chi connectivity index (χ2n) is 7.61. The van der Waals surface area contributed by atoms with Crippen LogP contribution in [0.5, 0.6) is 0 Å². The van der Waals surface area contributed by atoms with Gasteiger partial charge in [-0.25, -0.2) is 0 Å². The molecular weight excluding hydrogens is 373 g/mol. The minimum atomic E-state index is 0.101. The molecule has 4 aliphatic carbocycles. The first-order valence-corrected chi connectivity index (χ1v) is 9.24. The molecule has 112 valence electrons. The van der Waals surface area contributed by atoms with Crippen LogP contribution in [0.4, 0.5) is 0 Å². The van der Waals surface area contributed by atoms with Crippen molar-refractivity contribution in [3.63, 3.8) is 0 Å². The van der Waals surface area contributed by atoms with Gasteiger partial charge in [-0.3, -0.25) is 4.79 Å². The zero-order chi connectivity index (χ0) is 14.4. The molecular formula is C18H22INO. The van der Waals surface area contributed by atoms with Crippen molar-refractivity contribution in [2.45, 2.75) is 38.5 Å². The summed E-state index contributed by atoms with van der Waals surface area (Å²) in [6, 6.07) is 7.87. The highest BCUT2D eigenvalue weighted by atomic mass is 127. The van der Waals surface area contributed by atoms with Gasteiger partial charge in [-0.2, -0.15) is 0 Å². The maximum absolute atomic E-state index is 12.4. The zero-order valence-electron chi connectivity index (χ0n) is 12.3. The molecule has 0 unspecified atom stereocenters. The molecule has 1 N–H and O–H groups in total. The summed E-state index contributed by atoms with van der Waals surface area (Å²) in [5.41, 5.74) is 1.22. The minimum Gasteiger partial charge on any atom is -0.351 e. The van der Waals surface area contributed by atoms with E-state index in [4.69, 9.17) is 0 Å². The third-order valence-electron chi connectivity index (χ3n) is 5.88. The van der Waals surface area contributed by atoms with E-state index in [1.54, 1.807) is 0 Å². The second-order valence-corrected chi connectivity index (χ2v) is 8.86. The van der Waals surface area contributed by atoms with Gasteiger partial charge in [0.15, 0.2) is 0 Å². The van der Waals surface area contributed by atoms with Crippen molar-refractivity contribution in [2.75, 3.05) is 6.54 Å². The molecule has 2 nitrogen and oxygen atoms in total. The predicted molar refractivity (Wildman–Crippen MR) is 92.1 cm³/mol. The van der Waals surface area contributed by atoms with Gasteiger partial charge < -0.3 is 5.32 Å². The van der Waals surface area contributed by atoms with Gasteiger partial charge in [0.2, 0.25) is 0 Å². The molecule has 4 aliphatic rings. The van der Waals surface area contributed by atoms with Gasteiger partial charge >= 0.3 is 0 Å². The lowest BCUT2D eigenvalue weighted by atomic mass is 9.49. The van der Waals surface area contributed by atoms with Crippen LogP contribution in [0.3, 0.4) is 0 Å². The van der Waals surface area contributed by atoms with E-state index < -0.39 is 0 Å². The number of nitrogens with one attached hydrogen (secondary N) is 1. The SMILES string of the molecule is O=C(NCC12CC3CC(CC(C3)C1)C2)c1cccc(I)c1. The topological polar surface area (TPSA) is 29.1 Å². The number of carbonyl (C=O) groups excluding carboxylic acids is 1. The van der Waals surface area contributed by atoms with Crippen molar-refractivity contribution in [2.24, 2.45) is 23.2 Å². The Morgan fingerprint density at radius 2 is 1.76 bits per heavy atom. The van der Waals surface area contributed by atoms with Crippen molar-refractivity contribution in [3.8, 4) is 0 Å². The number of benzene rings is 1. The Labute approximate surface area is 140 Å². The van der Waals surface area contributed by atoms with Gasteiger partial charge in [0.25, 0.3) is 5.91 Å². The number of hydrogen-bond acceptors (Lipinski definition) is 1. The fraction of sp³-hybridized carbons (Fsp3) is 0.611. The van der Waals surface area contributed by atoms with Gasteiger partial charge in [-0.1, -0.05) is 6.07 Å². The smallest absolute Gasteiger partial charge is 0.251 e. The summed E-state index contributed by atoms with van der Waals surface area (Å²) in [4.78, 5) is 12.4. The van der Waals surface area contributed by atoms with E-state index in [-0.39, 0.29) is 5.91 Å². The number of halogens is 1. The molecule has 1 amide bonds. The first kappa shape index (κ1) is 14.0. The number of amides is 1. The summed E-state index contributed by atoms with van der Waals surface area (Å²) < 4.78 is 1.12. The fourth-order valence-electron chi connectivity index (χ4n) is 5.51. The summed E-state index contributed by atoms with van der Waals surface area (Å²) in [7, 11) is 0. The highest BCUT2D eigenvalue weighted by molar-refractivity contribution is 14.1. The lowest BCUT2D eigenvalue weighted by molar-refractivity contribution is -0.0503. The van der Waals surface area contributed by atoms with Gasteiger partial charge in [0.05, 0.1) is 0 Å². The largest absolute Gasteiger partial charge is 0.351 e. The Hall–Kier alpha value is -0.580. The van der Waals surface area contributed by atoms with Crippen molar-refractivity contribution in [1.82, 2.24) is 5.32 Å². The Morgan fingerprint density at radius 1 is 1.14 bits per heavy atom. The predicted octanol–water partition coefficient (Wildman–Crippen LogP) is 4.24. The van der Waals surface area contributed by atoms with E-state index in [0.717, 1.165) is 33.4 Å². The molecule has 1 aromatic rings. The van der Waals surface area contributed by atoms with Gasteiger partial charge in [0.1, 0.15) is 0 Å². The molecule has 0 radical (unpaired) electrons. The average molecular weight is 395 g/mol. The second kappa shape index (κ2) is 5.25. The Bertz CT molecular complexity index is 533. The zero-order valence-corrected chi connectivity index (χ0v) is 14.4. The summed E-state index contributed by atoms with van der Waals surface area (Å²) in [6.07, 6.45) is 8.45. The standard InChI is InChI=1S/C18H22INO/c19-16-3-1-2-15(7-16)17(21)20-11-18-8-12-4-13(9-18)6-14(5-12)10-18/h1-3,7,12-14H,4-6,8-11H2,(H,20,21). The van der Waals surface area contributed by atoms with Crippen LogP contribution >= 0.6 is 22.6 Å². The van der Waals surface area contributed by atoms with E-state index in [9.17, 15) is 4.79 Å². The minimum absolute atomic E-state index is 0.101. The molecule has 3 heteroatoms. The maximum atomic E-state index is 12.4. The van der Waals surface area contributed by atoms with E-state index in [0.29, 0.717) is 5.41 Å². The molecule has 0 spiro atoms. The number of carbonyl (C=O) groups is 1. The van der Waals surface area contributed by atoms with Crippen molar-refractivity contribution in [1.29, 1.82) is 0 Å². The molecule has 0 heterocycles. The first-order chi connectivity index (χ1) is 10.1. The molecule has 21 heavy (non-hydrogen) atoms. The molecule has 0 aromatic heterocycles. The van der Waals surface area contributed by atoms with Gasteiger partial charge in [-0.15, -0.1) is 0 Å². The van der Waals surface area contributed by atoms with Crippen LogP contribution in [-0.4, -0.2) is 12.5 Å². The lowest BCUT2D eigenvalue weighted by Crippen LogP contribution is -2.51. The fourth-order valence-corrected chi connectivity index (χ4v) is 6.05. The number of rotatable bonds is 3. The highest BCUT2D eigenvalue weighted by Crippen LogP contribution is 2.59. The van der Waals surface area contributed by atoms with E-state index >= 15 is 0 Å². The van der Waals surface area contributed by atoms with Crippen LogP contribution < -0.4 is 5.32 Å². The van der Waals surface area contributed by atoms with Crippen LogP contribution in [0, 0.1) is 26.7 Å². The van der Waals surface area contributed by atoms with Crippen LogP contribution in [0.15, 0.2) is 24.3 Å². The van der Waals surface area contributed by atoms with E-state index in [1.165, 1.54) is 38.5 Å². The third-order valence-corrected chi connectivity index (χ3v) is 6.55. The lowest BCUT2D eigenvalue weighted by Gasteiger charge is -2.56. The highest BCUT2D eigenvalue weighted by Gasteiger charge is 2.50. The maximum Gasteiger partial charge on any atom is 0.251 e. The first-order valence-electron chi connectivity index (χ1n) is 8.16. The molecule has 0 saturated heterocycles. The van der Waals surface area contributed by atoms with Crippen molar-refractivity contribution >= 4 is 28.5 Å². The van der Waals surface area contributed by atoms with Gasteiger partial charge in [-0.05, 0) is 102 Å². The van der Waals surface area contributed by atoms with Crippen LogP contribution in [0.1, 0.15) is 48.9 Å². The van der Waals surface area contributed by atoms with Crippen LogP contribution in [0.2, 0.25) is 0 Å². The van der Waals surface area contributed by atoms with Crippen LogP contribution in [-0.2, 0) is 0 Å². The van der Waals surface area contributed by atoms with Gasteiger partial charge in [0, 0.05) is 15.7 Å². The third kappa shape index (κ3) is 2.73. The molecule has 0 atom stereocenters. The molecule has 4 saturated carbocycles. The molecule has 1 aromatic carbocycles. The van der Waals surface area contributed by atoms with Crippen LogP contribution in [0.25, 0.3) is 0 Å². The van der Waals surface area contributed by atoms with Crippen molar-refractivity contribution in [3.05, 3.63) is 33.4 Å². The summed E-state index contributed by atoms with van der Waals surface area (Å²) in [5.74, 6) is 2.95. The molecule has 0 aliphatic heterocycles. The quantitative estimate of drug-likeness (QED) is 0.763.